The van der Waals surface area contributed by atoms with E-state index in [2.05, 4.69) is 34.8 Å². The van der Waals surface area contributed by atoms with Crippen molar-refractivity contribution in [2.75, 3.05) is 6.67 Å². The quantitative estimate of drug-likeness (QED) is 0.511. The summed E-state index contributed by atoms with van der Waals surface area (Å²) in [4.78, 5) is 0. The summed E-state index contributed by atoms with van der Waals surface area (Å²) in [6.45, 7) is -2.85. The van der Waals surface area contributed by atoms with Crippen LogP contribution in [0.25, 0.3) is 0 Å². The minimum Gasteiger partial charge on any atom is -0.244 e. The zero-order valence-corrected chi connectivity index (χ0v) is 9.71. The molecule has 0 aliphatic rings. The number of hydrogen-bond donors (Lipinski definition) is 0. The Morgan fingerprint density at radius 2 is 1.18 bits per heavy atom. The first-order valence-electron chi connectivity index (χ1n) is 3.62. The first-order valence-corrected chi connectivity index (χ1v) is 4.75. The third-order valence-electron chi connectivity index (χ3n) is 1.67. The van der Waals surface area contributed by atoms with Crippen LogP contribution in [0.2, 0.25) is 0 Å². The van der Waals surface area contributed by atoms with E-state index >= 15 is 0 Å². The van der Waals surface area contributed by atoms with Crippen LogP contribution < -0.4 is 0 Å². The normalized spacial score (nSPS) is 22.8. The maximum atomic E-state index is 13.0. The van der Waals surface area contributed by atoms with E-state index < -0.39 is 34.4 Å². The fourth-order valence-corrected chi connectivity index (χ4v) is 1.15. The molecule has 0 aromatic heterocycles. The zero-order valence-electron chi connectivity index (χ0n) is 7.44. The third kappa shape index (κ3) is 3.01. The molecule has 0 N–H and O–H groups in total. The van der Waals surface area contributed by atoms with Crippen LogP contribution in [0.5, 0.6) is 0 Å². The molecule has 0 amide bonds. The van der Waals surface area contributed by atoms with E-state index in [0.717, 1.165) is 0 Å². The molecule has 0 radical (unpaired) electrons. The fourth-order valence-electron chi connectivity index (χ4n) is 0.646. The van der Waals surface area contributed by atoms with Crippen molar-refractivity contribution in [3.63, 3.8) is 0 Å². The van der Waals surface area contributed by atoms with Crippen LogP contribution in [0.4, 0.5) is 35.1 Å². The molecule has 0 rings (SSSR count). The lowest BCUT2D eigenvalue weighted by Gasteiger charge is -2.35. The summed E-state index contributed by atoms with van der Waals surface area (Å²) in [7, 11) is 0. The Morgan fingerprint density at radius 3 is 1.41 bits per heavy atom. The number of alkyl halides is 11. The van der Waals surface area contributed by atoms with Gasteiger partial charge in [-0.2, -0.15) is 17.6 Å². The van der Waals surface area contributed by atoms with Gasteiger partial charge in [0, 0.05) is 0 Å². The van der Waals surface area contributed by atoms with Crippen molar-refractivity contribution in [2.24, 2.45) is 0 Å². The predicted octanol–water partition coefficient (Wildman–Crippen LogP) is 4.57. The lowest BCUT2D eigenvalue weighted by Crippen LogP contribution is -2.58. The van der Waals surface area contributed by atoms with Crippen LogP contribution in [0, 0.1) is 0 Å². The Bertz CT molecular complexity index is 273. The van der Waals surface area contributed by atoms with Gasteiger partial charge in [0.2, 0.25) is 6.17 Å². The molecule has 0 nitrogen and oxygen atoms in total. The van der Waals surface area contributed by atoms with Gasteiger partial charge in [-0.15, -0.1) is 0 Å². The second-order valence-electron chi connectivity index (χ2n) is 2.94. The molecule has 0 heterocycles. The van der Waals surface area contributed by atoms with E-state index in [0.29, 0.717) is 0 Å². The third-order valence-corrected chi connectivity index (χ3v) is 2.94. The van der Waals surface area contributed by atoms with Crippen LogP contribution in [0.3, 0.4) is 0 Å². The smallest absolute Gasteiger partial charge is 0.244 e. The lowest BCUT2D eigenvalue weighted by atomic mass is 10.1. The molecule has 0 bridgehead atoms. The molecule has 0 spiro atoms. The molecule has 0 aliphatic carbocycles. The molecule has 104 valence electrons. The van der Waals surface area contributed by atoms with Gasteiger partial charge in [-0.1, -0.05) is 23.2 Å². The second kappa shape index (κ2) is 4.77. The predicted molar refractivity (Wildman–Crippen MR) is 46.0 cm³/mol. The van der Waals surface area contributed by atoms with Gasteiger partial charge < -0.3 is 0 Å². The molecule has 3 unspecified atom stereocenters. The molecule has 0 fully saturated rings. The van der Waals surface area contributed by atoms with E-state index in [9.17, 15) is 35.1 Å². The highest BCUT2D eigenvalue weighted by molar-refractivity contribution is 6.33. The molecule has 11 heteroatoms. The Hall–Kier alpha value is 0.310. The molecule has 17 heavy (non-hydrogen) atoms. The summed E-state index contributed by atoms with van der Waals surface area (Å²) in [5.74, 6) is -5.28. The van der Waals surface area contributed by atoms with Crippen molar-refractivity contribution in [2.45, 2.75) is 27.7 Å². The van der Waals surface area contributed by atoms with Gasteiger partial charge in [-0.25, -0.2) is 17.6 Å². The summed E-state index contributed by atoms with van der Waals surface area (Å²) >= 11 is 12.4. The summed E-state index contributed by atoms with van der Waals surface area (Å²) in [6.07, 6.45) is -4.49. The minimum atomic E-state index is -5.28. The topological polar surface area (TPSA) is 0 Å². The van der Waals surface area contributed by atoms with E-state index in [1.54, 1.807) is 0 Å². The van der Waals surface area contributed by atoms with Crippen molar-refractivity contribution in [3.05, 3.63) is 0 Å². The highest BCUT2D eigenvalue weighted by Gasteiger charge is 2.72. The van der Waals surface area contributed by atoms with E-state index in [4.69, 9.17) is 0 Å². The minimum absolute atomic E-state index is 2.85. The first kappa shape index (κ1) is 17.3. The van der Waals surface area contributed by atoms with Crippen LogP contribution in [-0.4, -0.2) is 34.4 Å². The average molecular weight is 333 g/mol. The second-order valence-corrected chi connectivity index (χ2v) is 4.52. The molecule has 3 atom stereocenters. The Labute approximate surface area is 105 Å². The number of rotatable bonds is 5. The van der Waals surface area contributed by atoms with Gasteiger partial charge in [0.25, 0.3) is 10.3 Å². The van der Waals surface area contributed by atoms with E-state index in [-0.39, 0.29) is 0 Å². The largest absolute Gasteiger partial charge is 0.372 e. The van der Waals surface area contributed by atoms with E-state index in [1.807, 2.05) is 0 Å². The molecule has 0 aromatic carbocycles. The Balaban J connectivity index is 5.38. The molecule has 0 aliphatic heterocycles. The maximum absolute atomic E-state index is 13.0. The SMILES string of the molecule is FCC(F)(F)C(F)(Cl)C(F)C(F)(Cl)C(F)(F)Cl. The maximum Gasteiger partial charge on any atom is 0.372 e. The van der Waals surface area contributed by atoms with Crippen LogP contribution in [0.1, 0.15) is 0 Å². The summed E-state index contributed by atoms with van der Waals surface area (Å²) in [5.41, 5.74) is 0. The summed E-state index contributed by atoms with van der Waals surface area (Å²) < 4.78 is 99.8. The summed E-state index contributed by atoms with van der Waals surface area (Å²) in [6, 6.07) is 0. The zero-order chi connectivity index (χ0) is 14.3. The molecule has 0 saturated heterocycles. The van der Waals surface area contributed by atoms with Gasteiger partial charge >= 0.3 is 11.3 Å². The van der Waals surface area contributed by atoms with Crippen molar-refractivity contribution < 1.29 is 35.1 Å². The van der Waals surface area contributed by atoms with Crippen LogP contribution >= 0.6 is 34.8 Å². The molecular weight excluding hydrogens is 330 g/mol. The van der Waals surface area contributed by atoms with E-state index in [1.165, 1.54) is 0 Å². The summed E-state index contributed by atoms with van der Waals surface area (Å²) in [5, 5.41) is -15.5. The number of hydrogen-bond acceptors (Lipinski definition) is 0. The Kier molecular flexibility index (Phi) is 4.86. The standard InChI is InChI=1S/C6H3Cl3F8/c7-4(14,3(12,13)1-10)2(11)5(8,15)6(9,16)17/h2H,1H2. The van der Waals surface area contributed by atoms with Crippen molar-refractivity contribution in [3.8, 4) is 0 Å². The molecular formula is C6H3Cl3F8. The van der Waals surface area contributed by atoms with Crippen molar-refractivity contribution >= 4 is 34.8 Å². The molecule has 0 saturated carbocycles. The van der Waals surface area contributed by atoms with Gasteiger partial charge in [-0.05, 0) is 11.6 Å². The van der Waals surface area contributed by atoms with Crippen molar-refractivity contribution in [1.82, 2.24) is 0 Å². The van der Waals surface area contributed by atoms with Crippen molar-refractivity contribution in [1.29, 1.82) is 0 Å². The first-order chi connectivity index (χ1) is 7.22. The number of halogens is 11. The van der Waals surface area contributed by atoms with Gasteiger partial charge in [-0.3, -0.25) is 0 Å². The average Bonchev–Trinajstić information content (AvgIpc) is 2.14. The lowest BCUT2D eigenvalue weighted by molar-refractivity contribution is -0.172. The van der Waals surface area contributed by atoms with Gasteiger partial charge in [0.1, 0.15) is 0 Å². The fraction of sp³-hybridized carbons (Fsp3) is 1.00. The van der Waals surface area contributed by atoms with Crippen LogP contribution in [-0.2, 0) is 0 Å². The Morgan fingerprint density at radius 1 is 0.824 bits per heavy atom. The highest BCUT2D eigenvalue weighted by Crippen LogP contribution is 2.52. The molecule has 0 aromatic rings. The monoisotopic (exact) mass is 332 g/mol. The highest BCUT2D eigenvalue weighted by atomic mass is 35.5. The van der Waals surface area contributed by atoms with Gasteiger partial charge in [0.05, 0.1) is 0 Å². The van der Waals surface area contributed by atoms with Gasteiger partial charge in [0.15, 0.2) is 6.67 Å². The van der Waals surface area contributed by atoms with Crippen LogP contribution in [0.15, 0.2) is 0 Å².